The van der Waals surface area contributed by atoms with Gasteiger partial charge in [0.15, 0.2) is 0 Å². The third-order valence-corrected chi connectivity index (χ3v) is 2.15. The van der Waals surface area contributed by atoms with Crippen LogP contribution in [0.4, 0.5) is 13.2 Å². The summed E-state index contributed by atoms with van der Waals surface area (Å²) in [7, 11) is 0. The van der Waals surface area contributed by atoms with Crippen molar-refractivity contribution in [3.8, 4) is 0 Å². The summed E-state index contributed by atoms with van der Waals surface area (Å²) in [6.45, 7) is 0. The molecule has 1 N–H and O–H groups in total. The molecule has 0 spiro atoms. The predicted octanol–water partition coefficient (Wildman–Crippen LogP) is 2.88. The Balaban J connectivity index is 2.70. The maximum atomic E-state index is 12.1. The van der Waals surface area contributed by atoms with E-state index in [1.165, 1.54) is 0 Å². The number of hydrogen-bond donors (Lipinski definition) is 1. The summed E-state index contributed by atoms with van der Waals surface area (Å²) in [6, 6.07) is 8.30. The Morgan fingerprint density at radius 3 is 2.25 bits per heavy atom. The molecule has 0 bridgehead atoms. The number of aliphatic carboxylic acids is 1. The number of halogens is 3. The van der Waals surface area contributed by atoms with E-state index in [1.807, 2.05) is 0 Å². The lowest BCUT2D eigenvalue weighted by Gasteiger charge is -2.14. The van der Waals surface area contributed by atoms with Crippen molar-refractivity contribution >= 4 is 5.97 Å². The minimum Gasteiger partial charge on any atom is -0.481 e. The van der Waals surface area contributed by atoms with E-state index in [9.17, 15) is 18.0 Å². The second kappa shape index (κ2) is 5.01. The van der Waals surface area contributed by atoms with Crippen molar-refractivity contribution in [2.24, 2.45) is 5.92 Å². The number of benzene rings is 1. The minimum atomic E-state index is -4.45. The lowest BCUT2D eigenvalue weighted by atomic mass is 9.96. The van der Waals surface area contributed by atoms with E-state index in [4.69, 9.17) is 5.11 Å². The normalized spacial score (nSPS) is 13.4. The molecule has 0 saturated heterocycles. The summed E-state index contributed by atoms with van der Waals surface area (Å²) in [5.41, 5.74) is 0.596. The molecule has 0 aliphatic heterocycles. The van der Waals surface area contributed by atoms with Crippen LogP contribution in [0.1, 0.15) is 12.0 Å². The molecule has 0 saturated carbocycles. The van der Waals surface area contributed by atoms with E-state index in [2.05, 4.69) is 0 Å². The molecule has 2 nitrogen and oxygen atoms in total. The van der Waals surface area contributed by atoms with Crippen LogP contribution in [0.5, 0.6) is 0 Å². The smallest absolute Gasteiger partial charge is 0.389 e. The summed E-state index contributed by atoms with van der Waals surface area (Å²) in [4.78, 5) is 10.7. The fourth-order valence-electron chi connectivity index (χ4n) is 1.42. The van der Waals surface area contributed by atoms with Crippen LogP contribution in [-0.4, -0.2) is 17.3 Å². The molecule has 0 aliphatic rings. The predicted molar refractivity (Wildman–Crippen MR) is 51.9 cm³/mol. The van der Waals surface area contributed by atoms with Gasteiger partial charge in [-0.25, -0.2) is 0 Å². The zero-order chi connectivity index (χ0) is 12.2. The number of hydrogen-bond acceptors (Lipinski definition) is 1. The summed E-state index contributed by atoms with van der Waals surface area (Å²) >= 11 is 0. The van der Waals surface area contributed by atoms with Crippen LogP contribution in [0, 0.1) is 5.92 Å². The van der Waals surface area contributed by atoms with Gasteiger partial charge in [0.25, 0.3) is 0 Å². The van der Waals surface area contributed by atoms with Crippen molar-refractivity contribution in [2.45, 2.75) is 19.0 Å². The lowest BCUT2D eigenvalue weighted by Crippen LogP contribution is -2.24. The first-order chi connectivity index (χ1) is 7.38. The molecule has 5 heteroatoms. The van der Waals surface area contributed by atoms with Crippen LogP contribution in [0.15, 0.2) is 30.3 Å². The molecular formula is C11H11F3O2. The quantitative estimate of drug-likeness (QED) is 0.866. The lowest BCUT2D eigenvalue weighted by molar-refractivity contribution is -0.163. The van der Waals surface area contributed by atoms with Gasteiger partial charge in [-0.15, -0.1) is 0 Å². The van der Waals surface area contributed by atoms with Gasteiger partial charge in [0.2, 0.25) is 0 Å². The highest BCUT2D eigenvalue weighted by Gasteiger charge is 2.35. The van der Waals surface area contributed by atoms with Gasteiger partial charge in [0.1, 0.15) is 0 Å². The van der Waals surface area contributed by atoms with E-state index in [0.29, 0.717) is 5.56 Å². The number of carboxylic acids is 1. The molecule has 0 aromatic heterocycles. The van der Waals surface area contributed by atoms with Gasteiger partial charge in [-0.05, 0) is 12.0 Å². The molecule has 88 valence electrons. The fourth-order valence-corrected chi connectivity index (χ4v) is 1.42. The SMILES string of the molecule is O=C(O)[C@H](Cc1ccccc1)CC(F)(F)F. The molecule has 0 radical (unpaired) electrons. The van der Waals surface area contributed by atoms with Crippen molar-refractivity contribution < 1.29 is 23.1 Å². The van der Waals surface area contributed by atoms with Gasteiger partial charge < -0.3 is 5.11 Å². The number of carboxylic acid groups (broad SMARTS) is 1. The maximum absolute atomic E-state index is 12.1. The monoisotopic (exact) mass is 232 g/mol. The van der Waals surface area contributed by atoms with Crippen molar-refractivity contribution in [1.29, 1.82) is 0 Å². The highest BCUT2D eigenvalue weighted by atomic mass is 19.4. The Hall–Kier alpha value is -1.52. The molecule has 0 amide bonds. The summed E-state index contributed by atoms with van der Waals surface area (Å²) in [5, 5.41) is 8.70. The van der Waals surface area contributed by atoms with Crippen LogP contribution >= 0.6 is 0 Å². The largest absolute Gasteiger partial charge is 0.481 e. The van der Waals surface area contributed by atoms with E-state index in [1.54, 1.807) is 30.3 Å². The third kappa shape index (κ3) is 4.33. The number of carbonyl (C=O) groups is 1. The summed E-state index contributed by atoms with van der Waals surface area (Å²) < 4.78 is 36.3. The standard InChI is InChI=1S/C11H11F3O2/c12-11(13,14)7-9(10(15)16)6-8-4-2-1-3-5-8/h1-5,9H,6-7H2,(H,15,16)/t9-/m1/s1. The molecule has 1 aromatic carbocycles. The topological polar surface area (TPSA) is 37.3 Å². The van der Waals surface area contributed by atoms with Crippen LogP contribution < -0.4 is 0 Å². The van der Waals surface area contributed by atoms with Crippen molar-refractivity contribution in [3.63, 3.8) is 0 Å². The number of alkyl halides is 3. The van der Waals surface area contributed by atoms with Gasteiger partial charge in [-0.3, -0.25) is 4.79 Å². The van der Waals surface area contributed by atoms with Crippen LogP contribution in [0.25, 0.3) is 0 Å². The third-order valence-electron chi connectivity index (χ3n) is 2.15. The van der Waals surface area contributed by atoms with Crippen molar-refractivity contribution in [2.75, 3.05) is 0 Å². The van der Waals surface area contributed by atoms with Gasteiger partial charge in [-0.1, -0.05) is 30.3 Å². The Bertz CT molecular complexity index is 346. The van der Waals surface area contributed by atoms with Crippen LogP contribution in [0.2, 0.25) is 0 Å². The van der Waals surface area contributed by atoms with Crippen LogP contribution in [-0.2, 0) is 11.2 Å². The van der Waals surface area contributed by atoms with Crippen molar-refractivity contribution in [3.05, 3.63) is 35.9 Å². The zero-order valence-corrected chi connectivity index (χ0v) is 8.37. The Labute approximate surface area is 90.7 Å². The first-order valence-corrected chi connectivity index (χ1v) is 4.72. The molecule has 0 fully saturated rings. The molecule has 0 aliphatic carbocycles. The molecule has 1 aromatic rings. The first-order valence-electron chi connectivity index (χ1n) is 4.72. The van der Waals surface area contributed by atoms with Gasteiger partial charge in [0.05, 0.1) is 12.3 Å². The second-order valence-electron chi connectivity index (χ2n) is 3.54. The molecule has 0 heterocycles. The van der Waals surface area contributed by atoms with Crippen molar-refractivity contribution in [1.82, 2.24) is 0 Å². The van der Waals surface area contributed by atoms with E-state index in [0.717, 1.165) is 0 Å². The first kappa shape index (κ1) is 12.5. The van der Waals surface area contributed by atoms with Gasteiger partial charge in [-0.2, -0.15) is 13.2 Å². The molecule has 1 rings (SSSR count). The fraction of sp³-hybridized carbons (Fsp3) is 0.364. The Kier molecular flexibility index (Phi) is 3.93. The highest BCUT2D eigenvalue weighted by molar-refractivity contribution is 5.70. The summed E-state index contributed by atoms with van der Waals surface area (Å²) in [5.74, 6) is -2.83. The zero-order valence-electron chi connectivity index (χ0n) is 8.37. The molecule has 1 atom stereocenters. The minimum absolute atomic E-state index is 0.102. The van der Waals surface area contributed by atoms with Gasteiger partial charge >= 0.3 is 12.1 Å². The number of rotatable bonds is 4. The average Bonchev–Trinajstić information content (AvgIpc) is 2.16. The maximum Gasteiger partial charge on any atom is 0.389 e. The Morgan fingerprint density at radius 1 is 1.25 bits per heavy atom. The molecule has 16 heavy (non-hydrogen) atoms. The Morgan fingerprint density at radius 2 is 1.81 bits per heavy atom. The molecule has 0 unspecified atom stereocenters. The summed E-state index contributed by atoms with van der Waals surface area (Å²) in [6.07, 6.45) is -5.84. The van der Waals surface area contributed by atoms with E-state index < -0.39 is 24.5 Å². The van der Waals surface area contributed by atoms with E-state index >= 15 is 0 Å². The highest BCUT2D eigenvalue weighted by Crippen LogP contribution is 2.27. The van der Waals surface area contributed by atoms with Gasteiger partial charge in [0, 0.05) is 0 Å². The van der Waals surface area contributed by atoms with E-state index in [-0.39, 0.29) is 6.42 Å². The second-order valence-corrected chi connectivity index (χ2v) is 3.54. The average molecular weight is 232 g/mol. The molecular weight excluding hydrogens is 221 g/mol. The van der Waals surface area contributed by atoms with Crippen LogP contribution in [0.3, 0.4) is 0 Å².